The molecule has 0 unspecified atom stereocenters. The molecular weight excluding hydrogens is 193 g/mol. The molecule has 4 heteroatoms. The Kier molecular flexibility index (Phi) is 2.19. The molecule has 0 amide bonds. The van der Waals surface area contributed by atoms with Crippen molar-refractivity contribution < 1.29 is 4.39 Å². The van der Waals surface area contributed by atoms with E-state index in [-0.39, 0.29) is 5.82 Å². The van der Waals surface area contributed by atoms with Crippen LogP contribution in [0.4, 0.5) is 10.2 Å². The average molecular weight is 205 g/mol. The van der Waals surface area contributed by atoms with Gasteiger partial charge >= 0.3 is 0 Å². The number of aromatic nitrogens is 2. The molecule has 15 heavy (non-hydrogen) atoms. The predicted molar refractivity (Wildman–Crippen MR) is 57.4 cm³/mol. The number of benzene rings is 1. The lowest BCUT2D eigenvalue weighted by Crippen LogP contribution is -1.99. The van der Waals surface area contributed by atoms with Gasteiger partial charge in [-0.2, -0.15) is 5.10 Å². The van der Waals surface area contributed by atoms with Crippen molar-refractivity contribution >= 4 is 5.82 Å². The number of nitrogens with two attached hydrogens (primary N) is 1. The number of anilines is 1. The number of rotatable bonds is 1. The van der Waals surface area contributed by atoms with Gasteiger partial charge in [0.15, 0.2) is 0 Å². The molecule has 0 atom stereocenters. The van der Waals surface area contributed by atoms with E-state index in [9.17, 15) is 4.39 Å². The fraction of sp³-hybridized carbons (Fsp3) is 0.182. The highest BCUT2D eigenvalue weighted by molar-refractivity contribution is 5.44. The lowest BCUT2D eigenvalue weighted by Gasteiger charge is -2.05. The van der Waals surface area contributed by atoms with Gasteiger partial charge in [-0.3, -0.25) is 0 Å². The van der Waals surface area contributed by atoms with Gasteiger partial charge in [0.05, 0.1) is 5.69 Å². The molecule has 0 aliphatic heterocycles. The molecule has 3 nitrogen and oxygen atoms in total. The maximum absolute atomic E-state index is 13.1. The third-order valence-corrected chi connectivity index (χ3v) is 2.35. The third-order valence-electron chi connectivity index (χ3n) is 2.35. The zero-order chi connectivity index (χ0) is 11.0. The lowest BCUT2D eigenvalue weighted by molar-refractivity contribution is 0.625. The van der Waals surface area contributed by atoms with E-state index in [1.54, 1.807) is 16.9 Å². The van der Waals surface area contributed by atoms with Crippen molar-refractivity contribution in [3.63, 3.8) is 0 Å². The zero-order valence-electron chi connectivity index (χ0n) is 8.66. The van der Waals surface area contributed by atoms with Gasteiger partial charge in [0, 0.05) is 11.8 Å². The highest BCUT2D eigenvalue weighted by Crippen LogP contribution is 2.17. The minimum Gasteiger partial charge on any atom is -0.382 e. The van der Waals surface area contributed by atoms with Crippen LogP contribution in [0.5, 0.6) is 0 Å². The van der Waals surface area contributed by atoms with Gasteiger partial charge in [-0.15, -0.1) is 0 Å². The van der Waals surface area contributed by atoms with Crippen molar-refractivity contribution in [3.8, 4) is 5.69 Å². The summed E-state index contributed by atoms with van der Waals surface area (Å²) in [7, 11) is 0. The number of hydrogen-bond acceptors (Lipinski definition) is 2. The molecule has 0 fully saturated rings. The summed E-state index contributed by atoms with van der Waals surface area (Å²) in [5, 5.41) is 4.11. The van der Waals surface area contributed by atoms with Crippen LogP contribution in [0.1, 0.15) is 11.1 Å². The fourth-order valence-electron chi connectivity index (χ4n) is 1.43. The summed E-state index contributed by atoms with van der Waals surface area (Å²) in [6, 6.07) is 4.59. The van der Waals surface area contributed by atoms with Crippen molar-refractivity contribution in [1.29, 1.82) is 0 Å². The number of halogens is 1. The smallest absolute Gasteiger partial charge is 0.148 e. The predicted octanol–water partition coefficient (Wildman–Crippen LogP) is 2.21. The van der Waals surface area contributed by atoms with Crippen LogP contribution in [-0.2, 0) is 0 Å². The quantitative estimate of drug-likeness (QED) is 0.775. The third kappa shape index (κ3) is 1.70. The van der Waals surface area contributed by atoms with Crippen molar-refractivity contribution in [1.82, 2.24) is 9.78 Å². The van der Waals surface area contributed by atoms with Gasteiger partial charge in [-0.05, 0) is 31.5 Å². The molecule has 1 heterocycles. The molecule has 0 saturated carbocycles. The van der Waals surface area contributed by atoms with Crippen LogP contribution in [0.25, 0.3) is 5.69 Å². The zero-order valence-corrected chi connectivity index (χ0v) is 8.66. The Labute approximate surface area is 87.3 Å². The largest absolute Gasteiger partial charge is 0.382 e. The lowest BCUT2D eigenvalue weighted by atomic mass is 10.2. The molecule has 0 spiro atoms. The Balaban J connectivity index is 2.58. The Hall–Kier alpha value is -1.84. The van der Waals surface area contributed by atoms with Crippen LogP contribution < -0.4 is 5.73 Å². The number of hydrogen-bond donors (Lipinski definition) is 1. The maximum atomic E-state index is 13.1. The topological polar surface area (TPSA) is 43.8 Å². The van der Waals surface area contributed by atoms with Gasteiger partial charge in [-0.25, -0.2) is 9.07 Å². The van der Waals surface area contributed by atoms with Gasteiger partial charge in [-0.1, -0.05) is 6.07 Å². The van der Waals surface area contributed by atoms with Gasteiger partial charge in [0.1, 0.15) is 11.6 Å². The summed E-state index contributed by atoms with van der Waals surface area (Å²) in [5.41, 5.74) is 8.20. The Morgan fingerprint density at radius 2 is 2.00 bits per heavy atom. The first kappa shape index (κ1) is 9.71. The number of aryl methyl sites for hydroxylation is 2. The van der Waals surface area contributed by atoms with Crippen molar-refractivity contribution in [2.75, 3.05) is 5.73 Å². The first-order valence-electron chi connectivity index (χ1n) is 4.66. The van der Waals surface area contributed by atoms with E-state index in [0.717, 1.165) is 16.8 Å². The maximum Gasteiger partial charge on any atom is 0.148 e. The van der Waals surface area contributed by atoms with E-state index in [1.807, 2.05) is 13.8 Å². The second-order valence-electron chi connectivity index (χ2n) is 3.57. The van der Waals surface area contributed by atoms with Gasteiger partial charge in [0.2, 0.25) is 0 Å². The highest BCUT2D eigenvalue weighted by Gasteiger charge is 2.06. The summed E-state index contributed by atoms with van der Waals surface area (Å²) in [6.07, 6.45) is 1.79. The summed E-state index contributed by atoms with van der Waals surface area (Å²) in [5.74, 6) is 0.195. The van der Waals surface area contributed by atoms with Crippen LogP contribution in [0.3, 0.4) is 0 Å². The van der Waals surface area contributed by atoms with Crippen LogP contribution >= 0.6 is 0 Å². The Bertz CT molecular complexity index is 483. The second kappa shape index (κ2) is 3.38. The Morgan fingerprint density at radius 3 is 2.60 bits per heavy atom. The Morgan fingerprint density at radius 1 is 1.27 bits per heavy atom. The molecule has 0 saturated heterocycles. The summed E-state index contributed by atoms with van der Waals surface area (Å²) >= 11 is 0. The first-order valence-corrected chi connectivity index (χ1v) is 4.66. The van der Waals surface area contributed by atoms with Gasteiger partial charge in [0.25, 0.3) is 0 Å². The molecule has 0 bridgehead atoms. The summed E-state index contributed by atoms with van der Waals surface area (Å²) in [6.45, 7) is 3.77. The van der Waals surface area contributed by atoms with Crippen molar-refractivity contribution in [2.45, 2.75) is 13.8 Å². The summed E-state index contributed by atoms with van der Waals surface area (Å²) in [4.78, 5) is 0. The van der Waals surface area contributed by atoms with E-state index in [1.165, 1.54) is 12.1 Å². The van der Waals surface area contributed by atoms with Crippen LogP contribution in [-0.4, -0.2) is 9.78 Å². The standard InChI is InChI=1S/C11H12FN3/c1-7-3-4-9(12)5-10(7)15-6-8(2)11(13)14-15/h3-6H,1-2H3,(H2,13,14). The first-order chi connectivity index (χ1) is 7.08. The molecule has 0 aliphatic carbocycles. The fourth-order valence-corrected chi connectivity index (χ4v) is 1.43. The van der Waals surface area contributed by atoms with E-state index < -0.39 is 0 Å². The molecule has 78 valence electrons. The molecule has 2 N–H and O–H groups in total. The van der Waals surface area contributed by atoms with Crippen molar-refractivity contribution in [3.05, 3.63) is 41.3 Å². The minimum absolute atomic E-state index is 0.276. The van der Waals surface area contributed by atoms with E-state index in [2.05, 4.69) is 5.10 Å². The number of nitrogen functional groups attached to an aromatic ring is 1. The molecule has 2 rings (SSSR count). The normalized spacial score (nSPS) is 10.6. The van der Waals surface area contributed by atoms with E-state index in [4.69, 9.17) is 5.73 Å². The van der Waals surface area contributed by atoms with Crippen LogP contribution in [0.15, 0.2) is 24.4 Å². The second-order valence-corrected chi connectivity index (χ2v) is 3.57. The van der Waals surface area contributed by atoms with Crippen LogP contribution in [0.2, 0.25) is 0 Å². The number of nitrogens with zero attached hydrogens (tertiary/aromatic N) is 2. The molecule has 2 aromatic rings. The summed E-state index contributed by atoms with van der Waals surface area (Å²) < 4.78 is 14.7. The molecule has 0 aliphatic rings. The molecule has 1 aromatic heterocycles. The van der Waals surface area contributed by atoms with E-state index in [0.29, 0.717) is 5.82 Å². The highest BCUT2D eigenvalue weighted by atomic mass is 19.1. The van der Waals surface area contributed by atoms with Crippen molar-refractivity contribution in [2.24, 2.45) is 0 Å². The molecule has 1 aromatic carbocycles. The van der Waals surface area contributed by atoms with Crippen LogP contribution in [0, 0.1) is 19.7 Å². The average Bonchev–Trinajstić information content (AvgIpc) is 2.51. The SMILES string of the molecule is Cc1ccc(F)cc1-n1cc(C)c(N)n1. The molecule has 0 radical (unpaired) electrons. The van der Waals surface area contributed by atoms with Gasteiger partial charge < -0.3 is 5.73 Å². The molecular formula is C11H12FN3. The monoisotopic (exact) mass is 205 g/mol. The minimum atomic E-state index is -0.276. The van der Waals surface area contributed by atoms with E-state index >= 15 is 0 Å².